The first-order chi connectivity index (χ1) is 9.15. The van der Waals surface area contributed by atoms with Crippen molar-refractivity contribution in [3.8, 4) is 0 Å². The Morgan fingerprint density at radius 3 is 2.84 bits per heavy atom. The van der Waals surface area contributed by atoms with Crippen molar-refractivity contribution in [1.82, 2.24) is 4.98 Å². The van der Waals surface area contributed by atoms with Gasteiger partial charge in [0.05, 0.1) is 12.2 Å². The van der Waals surface area contributed by atoms with Crippen molar-refractivity contribution in [3.63, 3.8) is 0 Å². The third-order valence-corrected chi connectivity index (χ3v) is 2.47. The van der Waals surface area contributed by atoms with Crippen LogP contribution in [0.25, 0.3) is 0 Å². The molecular formula is C14H13FN2O2. The quantitative estimate of drug-likeness (QED) is 0.676. The van der Waals surface area contributed by atoms with Gasteiger partial charge in [0.1, 0.15) is 5.82 Å². The van der Waals surface area contributed by atoms with Crippen molar-refractivity contribution >= 4 is 11.7 Å². The van der Waals surface area contributed by atoms with E-state index >= 15 is 0 Å². The number of halogens is 1. The number of esters is 1. The molecule has 0 aliphatic heterocycles. The molecule has 0 bridgehead atoms. The molecule has 1 aromatic carbocycles. The predicted molar refractivity (Wildman–Crippen MR) is 69.0 cm³/mol. The Balaban J connectivity index is 1.91. The molecule has 19 heavy (non-hydrogen) atoms. The highest BCUT2D eigenvalue weighted by molar-refractivity contribution is 5.90. The van der Waals surface area contributed by atoms with Crippen molar-refractivity contribution in [2.45, 2.75) is 6.42 Å². The molecule has 2 N–H and O–H groups in total. The highest BCUT2D eigenvalue weighted by Crippen LogP contribution is 2.12. The molecule has 0 atom stereocenters. The molecule has 4 nitrogen and oxygen atoms in total. The van der Waals surface area contributed by atoms with Gasteiger partial charge in [0.25, 0.3) is 0 Å². The van der Waals surface area contributed by atoms with Crippen molar-refractivity contribution in [1.29, 1.82) is 0 Å². The van der Waals surface area contributed by atoms with Gasteiger partial charge in [-0.15, -0.1) is 0 Å². The number of nitrogen functional groups attached to an aromatic ring is 1. The van der Waals surface area contributed by atoms with Crippen LogP contribution < -0.4 is 5.73 Å². The summed E-state index contributed by atoms with van der Waals surface area (Å²) in [6.07, 6.45) is 2.18. The number of hydrogen-bond donors (Lipinski definition) is 1. The number of rotatable bonds is 4. The van der Waals surface area contributed by atoms with E-state index in [0.717, 1.165) is 17.8 Å². The predicted octanol–water partition coefficient (Wildman–Crippen LogP) is 2.20. The van der Waals surface area contributed by atoms with E-state index in [2.05, 4.69) is 4.98 Å². The summed E-state index contributed by atoms with van der Waals surface area (Å²) in [4.78, 5) is 15.8. The number of carbonyl (C=O) groups is 1. The first-order valence-corrected chi connectivity index (χ1v) is 5.78. The zero-order valence-corrected chi connectivity index (χ0v) is 10.2. The van der Waals surface area contributed by atoms with E-state index < -0.39 is 11.8 Å². The van der Waals surface area contributed by atoms with Crippen molar-refractivity contribution < 1.29 is 13.9 Å². The lowest BCUT2D eigenvalue weighted by Gasteiger charge is -2.05. The monoisotopic (exact) mass is 260 g/mol. The molecule has 0 spiro atoms. The maximum atomic E-state index is 13.1. The normalized spacial score (nSPS) is 10.2. The third-order valence-electron chi connectivity index (χ3n) is 2.47. The number of ether oxygens (including phenoxy) is 1. The summed E-state index contributed by atoms with van der Waals surface area (Å²) in [5.41, 5.74) is 6.59. The standard InChI is InChI=1S/C14H13FN2O2/c15-11-7-10(8-12(16)9-11)14(18)19-6-4-13-3-1-2-5-17-13/h1-3,5,7-9H,4,6,16H2. The smallest absolute Gasteiger partial charge is 0.338 e. The first kappa shape index (κ1) is 13.0. The molecule has 0 aliphatic carbocycles. The number of pyridine rings is 1. The Morgan fingerprint density at radius 2 is 2.16 bits per heavy atom. The van der Waals surface area contributed by atoms with Crippen LogP contribution >= 0.6 is 0 Å². The van der Waals surface area contributed by atoms with Crippen LogP contribution in [0.2, 0.25) is 0 Å². The fraction of sp³-hybridized carbons (Fsp3) is 0.143. The molecule has 98 valence electrons. The van der Waals surface area contributed by atoms with E-state index in [1.165, 1.54) is 6.07 Å². The lowest BCUT2D eigenvalue weighted by atomic mass is 10.2. The fourth-order valence-electron chi connectivity index (χ4n) is 1.61. The molecule has 2 rings (SSSR count). The molecule has 2 aromatic rings. The van der Waals surface area contributed by atoms with E-state index in [4.69, 9.17) is 10.5 Å². The second-order valence-electron chi connectivity index (χ2n) is 3.98. The average Bonchev–Trinajstić information content (AvgIpc) is 2.38. The Hall–Kier alpha value is -2.43. The van der Waals surface area contributed by atoms with Crippen LogP contribution in [0, 0.1) is 5.82 Å². The zero-order chi connectivity index (χ0) is 13.7. The van der Waals surface area contributed by atoms with Gasteiger partial charge >= 0.3 is 5.97 Å². The van der Waals surface area contributed by atoms with Gasteiger partial charge in [0, 0.05) is 24.0 Å². The second kappa shape index (κ2) is 5.95. The van der Waals surface area contributed by atoms with Crippen LogP contribution in [0.3, 0.4) is 0 Å². The van der Waals surface area contributed by atoms with E-state index in [9.17, 15) is 9.18 Å². The maximum Gasteiger partial charge on any atom is 0.338 e. The lowest BCUT2D eigenvalue weighted by Crippen LogP contribution is -2.09. The van der Waals surface area contributed by atoms with E-state index in [1.54, 1.807) is 6.20 Å². The molecule has 1 heterocycles. The molecular weight excluding hydrogens is 247 g/mol. The second-order valence-corrected chi connectivity index (χ2v) is 3.98. The molecule has 0 unspecified atom stereocenters. The minimum absolute atomic E-state index is 0.110. The van der Waals surface area contributed by atoms with E-state index in [0.29, 0.717) is 6.42 Å². The van der Waals surface area contributed by atoms with Crippen LogP contribution in [-0.2, 0) is 11.2 Å². The Bertz CT molecular complexity index is 553. The molecule has 0 saturated carbocycles. The van der Waals surface area contributed by atoms with E-state index in [1.807, 2.05) is 18.2 Å². The summed E-state index contributed by atoms with van der Waals surface area (Å²) >= 11 is 0. The summed E-state index contributed by atoms with van der Waals surface area (Å²) in [5.74, 6) is -1.15. The Kier molecular flexibility index (Phi) is 4.07. The molecule has 1 aromatic heterocycles. The number of aromatic nitrogens is 1. The number of benzene rings is 1. The number of anilines is 1. The van der Waals surface area contributed by atoms with Crippen LogP contribution in [0.5, 0.6) is 0 Å². The van der Waals surface area contributed by atoms with Gasteiger partial charge in [-0.05, 0) is 30.3 Å². The van der Waals surface area contributed by atoms with Gasteiger partial charge in [0.2, 0.25) is 0 Å². The molecule has 0 fully saturated rings. The van der Waals surface area contributed by atoms with Crippen LogP contribution in [0.1, 0.15) is 16.1 Å². The molecule has 5 heteroatoms. The van der Waals surface area contributed by atoms with Gasteiger partial charge in [-0.1, -0.05) is 6.07 Å². The van der Waals surface area contributed by atoms with Crippen molar-refractivity contribution in [2.24, 2.45) is 0 Å². The van der Waals surface area contributed by atoms with Gasteiger partial charge in [-0.2, -0.15) is 0 Å². The van der Waals surface area contributed by atoms with Gasteiger partial charge in [0.15, 0.2) is 0 Å². The number of carbonyl (C=O) groups excluding carboxylic acids is 1. The summed E-state index contributed by atoms with van der Waals surface area (Å²) < 4.78 is 18.1. The number of nitrogens with two attached hydrogens (primary N) is 1. The topological polar surface area (TPSA) is 65.2 Å². The fourth-order valence-corrected chi connectivity index (χ4v) is 1.61. The molecule has 0 saturated heterocycles. The summed E-state index contributed by atoms with van der Waals surface area (Å²) in [7, 11) is 0. The Morgan fingerprint density at radius 1 is 1.32 bits per heavy atom. The van der Waals surface area contributed by atoms with Crippen molar-refractivity contribution in [3.05, 3.63) is 59.7 Å². The van der Waals surface area contributed by atoms with Gasteiger partial charge in [-0.25, -0.2) is 9.18 Å². The van der Waals surface area contributed by atoms with Crippen LogP contribution in [0.4, 0.5) is 10.1 Å². The molecule has 0 aliphatic rings. The van der Waals surface area contributed by atoms with Crippen molar-refractivity contribution in [2.75, 3.05) is 12.3 Å². The first-order valence-electron chi connectivity index (χ1n) is 5.78. The highest BCUT2D eigenvalue weighted by atomic mass is 19.1. The number of nitrogens with zero attached hydrogens (tertiary/aromatic N) is 1. The summed E-state index contributed by atoms with van der Waals surface area (Å²) in [5, 5.41) is 0. The largest absolute Gasteiger partial charge is 0.462 e. The maximum absolute atomic E-state index is 13.1. The van der Waals surface area contributed by atoms with Gasteiger partial charge < -0.3 is 10.5 Å². The minimum atomic E-state index is -0.595. The Labute approximate surface area is 110 Å². The zero-order valence-electron chi connectivity index (χ0n) is 10.2. The minimum Gasteiger partial charge on any atom is -0.462 e. The van der Waals surface area contributed by atoms with E-state index in [-0.39, 0.29) is 17.9 Å². The summed E-state index contributed by atoms with van der Waals surface area (Å²) in [6, 6.07) is 9.13. The van der Waals surface area contributed by atoms with Crippen LogP contribution in [-0.4, -0.2) is 17.6 Å². The average molecular weight is 260 g/mol. The SMILES string of the molecule is Nc1cc(F)cc(C(=O)OCCc2ccccn2)c1. The summed E-state index contributed by atoms with van der Waals surface area (Å²) in [6.45, 7) is 0.187. The van der Waals surface area contributed by atoms with Crippen LogP contribution in [0.15, 0.2) is 42.6 Å². The third kappa shape index (κ3) is 3.77. The molecule has 0 amide bonds. The number of hydrogen-bond acceptors (Lipinski definition) is 4. The van der Waals surface area contributed by atoms with Gasteiger partial charge in [-0.3, -0.25) is 4.98 Å². The molecule has 0 radical (unpaired) electrons. The lowest BCUT2D eigenvalue weighted by molar-refractivity contribution is 0.0508. The highest BCUT2D eigenvalue weighted by Gasteiger charge is 2.09.